The van der Waals surface area contributed by atoms with E-state index in [1.807, 2.05) is 6.07 Å². The lowest BCUT2D eigenvalue weighted by Crippen LogP contribution is -2.03. The van der Waals surface area contributed by atoms with Crippen LogP contribution in [0.5, 0.6) is 0 Å². The molecule has 0 aliphatic rings. The number of thioether (sulfide) groups is 1. The molecule has 0 aliphatic heterocycles. The molecular weight excluding hydrogens is 180 g/mol. The quantitative estimate of drug-likeness (QED) is 0.526. The van der Waals surface area contributed by atoms with Gasteiger partial charge in [-0.15, -0.1) is 0 Å². The smallest absolute Gasteiger partial charge is 0.107 e. The van der Waals surface area contributed by atoms with Crippen LogP contribution in [-0.4, -0.2) is 12.5 Å². The predicted molar refractivity (Wildman–Crippen MR) is 58.0 cm³/mol. The molecule has 0 amide bonds. The van der Waals surface area contributed by atoms with E-state index < -0.39 is 0 Å². The fraction of sp³-hybridized carbons (Fsp3) is 0.455. The normalized spacial score (nSPS) is 12.8. The summed E-state index contributed by atoms with van der Waals surface area (Å²) in [6, 6.07) is 10.4. The standard InChI is InChI=1S/C11H16OS/c1-3-7-11(12-2)13-10-8-5-4-6-9-10/h4-6,8-9,11H,3,7H2,1-2H3. The molecule has 1 nitrogen and oxygen atoms in total. The Bertz CT molecular complexity index is 223. The minimum atomic E-state index is 0.299. The lowest BCUT2D eigenvalue weighted by atomic mass is 10.4. The molecule has 0 fully saturated rings. The summed E-state index contributed by atoms with van der Waals surface area (Å²) in [6.45, 7) is 2.18. The number of methoxy groups -OCH3 is 1. The lowest BCUT2D eigenvalue weighted by molar-refractivity contribution is 0.165. The van der Waals surface area contributed by atoms with Gasteiger partial charge in [-0.2, -0.15) is 0 Å². The summed E-state index contributed by atoms with van der Waals surface area (Å²) in [5.41, 5.74) is 0.299. The van der Waals surface area contributed by atoms with Crippen LogP contribution in [0, 0.1) is 0 Å². The first kappa shape index (κ1) is 10.6. The molecule has 0 radical (unpaired) electrons. The van der Waals surface area contributed by atoms with E-state index in [4.69, 9.17) is 4.74 Å². The third kappa shape index (κ3) is 3.83. The first-order valence-corrected chi connectivity index (χ1v) is 5.49. The molecule has 0 aromatic heterocycles. The van der Waals surface area contributed by atoms with Crippen molar-refractivity contribution in [2.24, 2.45) is 0 Å². The van der Waals surface area contributed by atoms with Crippen LogP contribution < -0.4 is 0 Å². The fourth-order valence-electron chi connectivity index (χ4n) is 1.11. The van der Waals surface area contributed by atoms with E-state index in [1.165, 1.54) is 11.3 Å². The van der Waals surface area contributed by atoms with Crippen molar-refractivity contribution in [3.8, 4) is 0 Å². The summed E-state index contributed by atoms with van der Waals surface area (Å²) in [5, 5.41) is 0. The maximum atomic E-state index is 5.36. The molecule has 0 saturated heterocycles. The summed E-state index contributed by atoms with van der Waals surface area (Å²) >= 11 is 1.79. The van der Waals surface area contributed by atoms with Gasteiger partial charge in [0.15, 0.2) is 0 Å². The number of hydrogen-bond donors (Lipinski definition) is 0. The molecule has 0 aliphatic carbocycles. The first-order chi connectivity index (χ1) is 6.36. The third-order valence-corrected chi connectivity index (χ3v) is 3.03. The van der Waals surface area contributed by atoms with Crippen LogP contribution in [0.1, 0.15) is 19.8 Å². The Kier molecular flexibility index (Phi) is 4.94. The third-order valence-electron chi connectivity index (χ3n) is 1.80. The molecule has 13 heavy (non-hydrogen) atoms. The van der Waals surface area contributed by atoms with Crippen molar-refractivity contribution in [1.82, 2.24) is 0 Å². The first-order valence-electron chi connectivity index (χ1n) is 4.61. The van der Waals surface area contributed by atoms with Crippen LogP contribution in [0.3, 0.4) is 0 Å². The molecule has 1 rings (SSSR count). The van der Waals surface area contributed by atoms with E-state index >= 15 is 0 Å². The van der Waals surface area contributed by atoms with E-state index in [1.54, 1.807) is 18.9 Å². The Labute approximate surface area is 84.5 Å². The van der Waals surface area contributed by atoms with Crippen molar-refractivity contribution in [2.75, 3.05) is 7.11 Å². The molecule has 0 bridgehead atoms. The topological polar surface area (TPSA) is 9.23 Å². The van der Waals surface area contributed by atoms with Gasteiger partial charge in [-0.3, -0.25) is 0 Å². The van der Waals surface area contributed by atoms with E-state index in [-0.39, 0.29) is 0 Å². The molecule has 2 heteroatoms. The highest BCUT2D eigenvalue weighted by Gasteiger charge is 2.06. The van der Waals surface area contributed by atoms with Gasteiger partial charge in [-0.05, 0) is 18.6 Å². The van der Waals surface area contributed by atoms with Crippen molar-refractivity contribution < 1.29 is 4.74 Å². The largest absolute Gasteiger partial charge is 0.370 e. The maximum Gasteiger partial charge on any atom is 0.107 e. The van der Waals surface area contributed by atoms with Crippen molar-refractivity contribution in [3.05, 3.63) is 30.3 Å². The fourth-order valence-corrected chi connectivity index (χ4v) is 2.18. The van der Waals surface area contributed by atoms with Crippen LogP contribution in [-0.2, 0) is 4.74 Å². The second-order valence-corrected chi connectivity index (χ2v) is 4.12. The minimum Gasteiger partial charge on any atom is -0.370 e. The second-order valence-electron chi connectivity index (χ2n) is 2.88. The lowest BCUT2D eigenvalue weighted by Gasteiger charge is -2.13. The van der Waals surface area contributed by atoms with Crippen molar-refractivity contribution >= 4 is 11.8 Å². The Morgan fingerprint density at radius 3 is 2.54 bits per heavy atom. The summed E-state index contributed by atoms with van der Waals surface area (Å²) in [4.78, 5) is 1.28. The van der Waals surface area contributed by atoms with Crippen LogP contribution >= 0.6 is 11.8 Å². The van der Waals surface area contributed by atoms with Crippen LogP contribution in [0.25, 0.3) is 0 Å². The summed E-state index contributed by atoms with van der Waals surface area (Å²) < 4.78 is 5.36. The number of hydrogen-bond acceptors (Lipinski definition) is 2. The SMILES string of the molecule is CCCC(OC)Sc1ccccc1. The van der Waals surface area contributed by atoms with Crippen LogP contribution in [0.4, 0.5) is 0 Å². The van der Waals surface area contributed by atoms with Gasteiger partial charge < -0.3 is 4.74 Å². The molecular formula is C11H16OS. The molecule has 0 saturated carbocycles. The molecule has 0 spiro atoms. The highest BCUT2D eigenvalue weighted by atomic mass is 32.2. The van der Waals surface area contributed by atoms with Crippen molar-refractivity contribution in [1.29, 1.82) is 0 Å². The Morgan fingerprint density at radius 2 is 2.00 bits per heavy atom. The zero-order valence-corrected chi connectivity index (χ0v) is 9.01. The Hall–Kier alpha value is -0.470. The van der Waals surface area contributed by atoms with Gasteiger partial charge in [0.1, 0.15) is 5.44 Å². The van der Waals surface area contributed by atoms with Gasteiger partial charge >= 0.3 is 0 Å². The number of rotatable bonds is 5. The van der Waals surface area contributed by atoms with Gasteiger partial charge in [-0.25, -0.2) is 0 Å². The molecule has 0 heterocycles. The zero-order valence-electron chi connectivity index (χ0n) is 8.19. The van der Waals surface area contributed by atoms with E-state index in [0.717, 1.165) is 6.42 Å². The highest BCUT2D eigenvalue weighted by molar-refractivity contribution is 7.99. The van der Waals surface area contributed by atoms with E-state index in [9.17, 15) is 0 Å². The highest BCUT2D eigenvalue weighted by Crippen LogP contribution is 2.25. The van der Waals surface area contributed by atoms with Crippen LogP contribution in [0.2, 0.25) is 0 Å². The van der Waals surface area contributed by atoms with E-state index in [2.05, 4.69) is 31.2 Å². The molecule has 0 N–H and O–H groups in total. The zero-order chi connectivity index (χ0) is 9.52. The summed E-state index contributed by atoms with van der Waals surface area (Å²) in [6.07, 6.45) is 2.27. The monoisotopic (exact) mass is 196 g/mol. The van der Waals surface area contributed by atoms with Gasteiger partial charge in [0.25, 0.3) is 0 Å². The van der Waals surface area contributed by atoms with E-state index in [0.29, 0.717) is 5.44 Å². The molecule has 1 aromatic rings. The van der Waals surface area contributed by atoms with Gasteiger partial charge in [0, 0.05) is 12.0 Å². The second kappa shape index (κ2) is 6.06. The molecule has 1 unspecified atom stereocenters. The van der Waals surface area contributed by atoms with Gasteiger partial charge in [0.2, 0.25) is 0 Å². The molecule has 72 valence electrons. The minimum absolute atomic E-state index is 0.299. The molecule has 1 aromatic carbocycles. The van der Waals surface area contributed by atoms with Crippen LogP contribution in [0.15, 0.2) is 35.2 Å². The molecule has 1 atom stereocenters. The van der Waals surface area contributed by atoms with Gasteiger partial charge in [-0.1, -0.05) is 43.3 Å². The Morgan fingerprint density at radius 1 is 1.31 bits per heavy atom. The summed E-state index contributed by atoms with van der Waals surface area (Å²) in [7, 11) is 1.77. The number of ether oxygens (including phenoxy) is 1. The summed E-state index contributed by atoms with van der Waals surface area (Å²) in [5.74, 6) is 0. The van der Waals surface area contributed by atoms with Crippen molar-refractivity contribution in [3.63, 3.8) is 0 Å². The Balaban J connectivity index is 2.46. The predicted octanol–water partition coefficient (Wildman–Crippen LogP) is 3.55. The number of benzene rings is 1. The average Bonchev–Trinajstić information content (AvgIpc) is 2.19. The maximum absolute atomic E-state index is 5.36. The average molecular weight is 196 g/mol. The van der Waals surface area contributed by atoms with Gasteiger partial charge in [0.05, 0.1) is 0 Å². The van der Waals surface area contributed by atoms with Crippen molar-refractivity contribution in [2.45, 2.75) is 30.1 Å².